The SMILES string of the molecule is Cn1c(NCC2(C)OCCO2)c([N+](=O)[O-])c(=O)n(C)c1=O. The summed E-state index contributed by atoms with van der Waals surface area (Å²) in [7, 11) is 2.53. The van der Waals surface area contributed by atoms with Crippen molar-refractivity contribution in [2.45, 2.75) is 12.7 Å². The lowest BCUT2D eigenvalue weighted by Crippen LogP contribution is -2.41. The molecule has 116 valence electrons. The molecule has 0 unspecified atom stereocenters. The molecule has 0 atom stereocenters. The van der Waals surface area contributed by atoms with E-state index in [2.05, 4.69) is 5.32 Å². The number of hydrogen-bond acceptors (Lipinski definition) is 7. The summed E-state index contributed by atoms with van der Waals surface area (Å²) in [5.74, 6) is -1.13. The molecular weight excluding hydrogens is 284 g/mol. The summed E-state index contributed by atoms with van der Waals surface area (Å²) in [6.45, 7) is 2.55. The first-order valence-electron chi connectivity index (χ1n) is 6.23. The Bertz CT molecular complexity index is 685. The number of aromatic nitrogens is 2. The minimum atomic E-state index is -0.969. The van der Waals surface area contributed by atoms with Crippen LogP contribution >= 0.6 is 0 Å². The van der Waals surface area contributed by atoms with E-state index in [1.807, 2.05) is 0 Å². The van der Waals surface area contributed by atoms with E-state index in [4.69, 9.17) is 9.47 Å². The highest BCUT2D eigenvalue weighted by atomic mass is 16.7. The molecule has 0 bridgehead atoms. The summed E-state index contributed by atoms with van der Waals surface area (Å²) in [5, 5.41) is 13.8. The minimum Gasteiger partial charge on any atom is -0.360 e. The van der Waals surface area contributed by atoms with Crippen molar-refractivity contribution in [2.75, 3.05) is 25.1 Å². The van der Waals surface area contributed by atoms with Gasteiger partial charge in [-0.25, -0.2) is 4.79 Å². The smallest absolute Gasteiger partial charge is 0.360 e. The first-order valence-corrected chi connectivity index (χ1v) is 6.23. The van der Waals surface area contributed by atoms with Crippen LogP contribution in [0.25, 0.3) is 0 Å². The molecule has 21 heavy (non-hydrogen) atoms. The molecular formula is C11H16N4O6. The third kappa shape index (κ3) is 2.67. The summed E-state index contributed by atoms with van der Waals surface area (Å²) in [6, 6.07) is 0. The van der Waals surface area contributed by atoms with E-state index in [-0.39, 0.29) is 12.4 Å². The molecule has 10 heteroatoms. The van der Waals surface area contributed by atoms with Gasteiger partial charge in [0.15, 0.2) is 11.6 Å². The van der Waals surface area contributed by atoms with E-state index in [1.54, 1.807) is 6.92 Å². The lowest BCUT2D eigenvalue weighted by atomic mass is 10.3. The van der Waals surface area contributed by atoms with E-state index in [1.165, 1.54) is 14.1 Å². The van der Waals surface area contributed by atoms with E-state index < -0.39 is 27.6 Å². The summed E-state index contributed by atoms with van der Waals surface area (Å²) < 4.78 is 12.4. The Kier molecular flexibility index (Phi) is 3.83. The summed E-state index contributed by atoms with van der Waals surface area (Å²) >= 11 is 0. The molecule has 10 nitrogen and oxygen atoms in total. The van der Waals surface area contributed by atoms with Crippen molar-refractivity contribution >= 4 is 11.5 Å². The molecule has 1 aromatic rings. The molecule has 0 aromatic carbocycles. The molecule has 2 rings (SSSR count). The predicted molar refractivity (Wildman–Crippen MR) is 72.4 cm³/mol. The molecule has 2 heterocycles. The van der Waals surface area contributed by atoms with Crippen molar-refractivity contribution in [3.05, 3.63) is 31.0 Å². The van der Waals surface area contributed by atoms with Crippen molar-refractivity contribution in [3.8, 4) is 0 Å². The van der Waals surface area contributed by atoms with Crippen LogP contribution in [0.15, 0.2) is 9.59 Å². The maximum Gasteiger partial charge on any atom is 0.374 e. The third-order valence-corrected chi connectivity index (χ3v) is 3.30. The lowest BCUT2D eigenvalue weighted by Gasteiger charge is -2.23. The Morgan fingerprint density at radius 1 is 1.29 bits per heavy atom. The monoisotopic (exact) mass is 300 g/mol. The average molecular weight is 300 g/mol. The van der Waals surface area contributed by atoms with Gasteiger partial charge in [0.1, 0.15) is 0 Å². The standard InChI is InChI=1S/C11H16N4O6/c1-11(20-4-5-21-11)6-12-8-7(15(18)19)9(16)14(3)10(17)13(8)2/h12H,4-6H2,1-3H3. The Labute approximate surface area is 119 Å². The largest absolute Gasteiger partial charge is 0.374 e. The molecule has 0 radical (unpaired) electrons. The number of hydrogen-bond donors (Lipinski definition) is 1. The van der Waals surface area contributed by atoms with Crippen molar-refractivity contribution < 1.29 is 14.4 Å². The van der Waals surface area contributed by atoms with E-state index in [9.17, 15) is 19.7 Å². The molecule has 0 aliphatic carbocycles. The quantitative estimate of drug-likeness (QED) is 0.569. The summed E-state index contributed by atoms with van der Waals surface area (Å²) in [6.07, 6.45) is 0. The fraction of sp³-hybridized carbons (Fsp3) is 0.636. The topological polar surface area (TPSA) is 118 Å². The molecule has 1 fully saturated rings. The van der Waals surface area contributed by atoms with E-state index >= 15 is 0 Å². The van der Waals surface area contributed by atoms with E-state index in [0.717, 1.165) is 4.57 Å². The van der Waals surface area contributed by atoms with Gasteiger partial charge < -0.3 is 14.8 Å². The van der Waals surface area contributed by atoms with Gasteiger partial charge >= 0.3 is 16.9 Å². The van der Waals surface area contributed by atoms with Gasteiger partial charge in [0, 0.05) is 14.1 Å². The molecule has 1 saturated heterocycles. The lowest BCUT2D eigenvalue weighted by molar-refractivity contribution is -0.386. The molecule has 0 amide bonds. The van der Waals surface area contributed by atoms with Crippen molar-refractivity contribution in [1.82, 2.24) is 9.13 Å². The normalized spacial score (nSPS) is 16.9. The first kappa shape index (κ1) is 15.2. The Morgan fingerprint density at radius 2 is 1.86 bits per heavy atom. The van der Waals surface area contributed by atoms with Crippen LogP contribution in [0, 0.1) is 10.1 Å². The minimum absolute atomic E-state index is 0.0638. The Morgan fingerprint density at radius 3 is 2.38 bits per heavy atom. The maximum atomic E-state index is 11.9. The van der Waals surface area contributed by atoms with Crippen molar-refractivity contribution in [3.63, 3.8) is 0 Å². The zero-order valence-electron chi connectivity index (χ0n) is 11.9. The number of anilines is 1. The van der Waals surface area contributed by atoms with Gasteiger partial charge in [-0.1, -0.05) is 0 Å². The van der Waals surface area contributed by atoms with Crippen LogP contribution in [0.2, 0.25) is 0 Å². The highest BCUT2D eigenvalue weighted by Crippen LogP contribution is 2.22. The second-order valence-corrected chi connectivity index (χ2v) is 4.84. The number of rotatable bonds is 4. The van der Waals surface area contributed by atoms with Crippen LogP contribution < -0.4 is 16.6 Å². The number of nitro groups is 1. The Balaban J connectivity index is 2.45. The highest BCUT2D eigenvalue weighted by Gasteiger charge is 2.33. The fourth-order valence-electron chi connectivity index (χ4n) is 2.10. The molecule has 1 aliphatic heterocycles. The molecule has 1 N–H and O–H groups in total. The predicted octanol–water partition coefficient (Wildman–Crippen LogP) is -0.833. The molecule has 1 aliphatic rings. The number of nitrogens with zero attached hydrogens (tertiary/aromatic N) is 3. The van der Waals surface area contributed by atoms with Crippen LogP contribution in [0.5, 0.6) is 0 Å². The van der Waals surface area contributed by atoms with Crippen LogP contribution in [0.4, 0.5) is 11.5 Å². The summed E-state index contributed by atoms with van der Waals surface area (Å²) in [4.78, 5) is 34.0. The highest BCUT2D eigenvalue weighted by molar-refractivity contribution is 5.55. The molecule has 0 spiro atoms. The van der Waals surface area contributed by atoms with Crippen LogP contribution in [-0.2, 0) is 23.6 Å². The van der Waals surface area contributed by atoms with Gasteiger partial charge in [0.25, 0.3) is 0 Å². The Hall–Kier alpha value is -2.20. The van der Waals surface area contributed by atoms with Gasteiger partial charge in [-0.05, 0) is 6.92 Å². The van der Waals surface area contributed by atoms with Gasteiger partial charge in [0.2, 0.25) is 0 Å². The average Bonchev–Trinajstić information content (AvgIpc) is 2.85. The van der Waals surface area contributed by atoms with Gasteiger partial charge in [0.05, 0.1) is 24.7 Å². The third-order valence-electron chi connectivity index (χ3n) is 3.30. The second kappa shape index (κ2) is 5.30. The van der Waals surface area contributed by atoms with Crippen molar-refractivity contribution in [1.29, 1.82) is 0 Å². The number of nitrogens with one attached hydrogen (secondary N) is 1. The summed E-state index contributed by atoms with van der Waals surface area (Å²) in [5.41, 5.74) is -2.32. The van der Waals surface area contributed by atoms with Crippen LogP contribution in [-0.4, -0.2) is 39.6 Å². The number of ether oxygens (including phenoxy) is 2. The fourth-order valence-corrected chi connectivity index (χ4v) is 2.10. The van der Waals surface area contributed by atoms with Crippen molar-refractivity contribution in [2.24, 2.45) is 14.1 Å². The first-order chi connectivity index (χ1) is 9.77. The van der Waals surface area contributed by atoms with Crippen LogP contribution in [0.3, 0.4) is 0 Å². The zero-order chi connectivity index (χ0) is 15.8. The molecule has 0 saturated carbocycles. The van der Waals surface area contributed by atoms with Crippen LogP contribution in [0.1, 0.15) is 6.92 Å². The van der Waals surface area contributed by atoms with E-state index in [0.29, 0.717) is 17.8 Å². The van der Waals surface area contributed by atoms with Gasteiger partial charge in [-0.2, -0.15) is 0 Å². The second-order valence-electron chi connectivity index (χ2n) is 4.84. The maximum absolute atomic E-state index is 11.9. The van der Waals surface area contributed by atoms with Gasteiger partial charge in [-0.15, -0.1) is 0 Å². The zero-order valence-corrected chi connectivity index (χ0v) is 11.9. The van der Waals surface area contributed by atoms with Gasteiger partial charge in [-0.3, -0.25) is 24.0 Å². The molecule has 1 aromatic heterocycles.